The third-order valence-corrected chi connectivity index (χ3v) is 4.54. The SMILES string of the molecule is O=C(c1cccc(Br)c1F)N1CCS(=O)CC1. The maximum Gasteiger partial charge on any atom is 0.256 e. The van der Waals surface area contributed by atoms with Gasteiger partial charge in [0.05, 0.1) is 10.0 Å². The molecule has 1 heterocycles. The number of carbonyl (C=O) groups is 1. The molecular weight excluding hydrogens is 309 g/mol. The number of rotatable bonds is 1. The van der Waals surface area contributed by atoms with E-state index in [9.17, 15) is 13.4 Å². The van der Waals surface area contributed by atoms with E-state index in [-0.39, 0.29) is 15.9 Å². The predicted octanol–water partition coefficient (Wildman–Crippen LogP) is 1.79. The normalized spacial score (nSPS) is 17.2. The van der Waals surface area contributed by atoms with Crippen molar-refractivity contribution in [3.8, 4) is 0 Å². The molecule has 6 heteroatoms. The minimum absolute atomic E-state index is 0.0621. The molecule has 2 rings (SSSR count). The van der Waals surface area contributed by atoms with Crippen LogP contribution in [0.4, 0.5) is 4.39 Å². The molecule has 1 saturated heterocycles. The second kappa shape index (κ2) is 5.27. The Morgan fingerprint density at radius 2 is 2.00 bits per heavy atom. The molecular formula is C11H11BrFNO2S. The molecule has 0 N–H and O–H groups in total. The first kappa shape index (κ1) is 12.7. The van der Waals surface area contributed by atoms with Crippen molar-refractivity contribution in [2.24, 2.45) is 0 Å². The molecule has 1 aliphatic rings. The summed E-state index contributed by atoms with van der Waals surface area (Å²) >= 11 is 3.05. The molecule has 0 unspecified atom stereocenters. The highest BCUT2D eigenvalue weighted by molar-refractivity contribution is 9.10. The Balaban J connectivity index is 2.20. The third-order valence-electron chi connectivity index (χ3n) is 2.65. The summed E-state index contributed by atoms with van der Waals surface area (Å²) in [5.74, 6) is 0.0765. The van der Waals surface area contributed by atoms with Gasteiger partial charge in [-0.1, -0.05) is 6.07 Å². The molecule has 0 spiro atoms. The van der Waals surface area contributed by atoms with Crippen molar-refractivity contribution in [1.29, 1.82) is 0 Å². The minimum Gasteiger partial charge on any atom is -0.337 e. The van der Waals surface area contributed by atoms with Gasteiger partial charge in [-0.05, 0) is 28.1 Å². The van der Waals surface area contributed by atoms with E-state index in [0.717, 1.165) is 0 Å². The van der Waals surface area contributed by atoms with Crippen LogP contribution < -0.4 is 0 Å². The molecule has 0 saturated carbocycles. The highest BCUT2D eigenvalue weighted by atomic mass is 79.9. The lowest BCUT2D eigenvalue weighted by atomic mass is 10.2. The van der Waals surface area contributed by atoms with E-state index in [1.54, 1.807) is 17.0 Å². The molecule has 1 aromatic carbocycles. The van der Waals surface area contributed by atoms with Crippen LogP contribution in [-0.4, -0.2) is 39.6 Å². The predicted molar refractivity (Wildman–Crippen MR) is 67.9 cm³/mol. The van der Waals surface area contributed by atoms with Crippen LogP contribution >= 0.6 is 15.9 Å². The summed E-state index contributed by atoms with van der Waals surface area (Å²) in [6, 6.07) is 4.65. The molecule has 3 nitrogen and oxygen atoms in total. The fourth-order valence-corrected chi connectivity index (χ4v) is 3.10. The first-order chi connectivity index (χ1) is 8.09. The van der Waals surface area contributed by atoms with Gasteiger partial charge in [-0.25, -0.2) is 4.39 Å². The fourth-order valence-electron chi connectivity index (χ4n) is 1.68. The van der Waals surface area contributed by atoms with Crippen LogP contribution in [-0.2, 0) is 10.8 Å². The van der Waals surface area contributed by atoms with Crippen molar-refractivity contribution >= 4 is 32.6 Å². The summed E-state index contributed by atoms with van der Waals surface area (Å²) in [4.78, 5) is 13.6. The molecule has 0 bridgehead atoms. The lowest BCUT2D eigenvalue weighted by molar-refractivity contribution is 0.0766. The third kappa shape index (κ3) is 2.74. The van der Waals surface area contributed by atoms with E-state index >= 15 is 0 Å². The van der Waals surface area contributed by atoms with E-state index < -0.39 is 16.6 Å². The Kier molecular flexibility index (Phi) is 3.93. The summed E-state index contributed by atoms with van der Waals surface area (Å²) in [6.45, 7) is 0.856. The van der Waals surface area contributed by atoms with Crippen molar-refractivity contribution < 1.29 is 13.4 Å². The standard InChI is InChI=1S/C11H11BrFNO2S/c12-9-3-1-2-8(10(9)13)11(15)14-4-6-17(16)7-5-14/h1-3H,4-7H2. The molecule has 1 aromatic rings. The second-order valence-corrected chi connectivity index (χ2v) is 6.29. The molecule has 1 amide bonds. The summed E-state index contributed by atoms with van der Waals surface area (Å²) in [7, 11) is -0.840. The van der Waals surface area contributed by atoms with Crippen LogP contribution in [0.25, 0.3) is 0 Å². The average molecular weight is 320 g/mol. The number of amides is 1. The molecule has 0 atom stereocenters. The Hall–Kier alpha value is -0.750. The van der Waals surface area contributed by atoms with E-state index in [2.05, 4.69) is 15.9 Å². The summed E-state index contributed by atoms with van der Waals surface area (Å²) in [5.41, 5.74) is 0.0621. The van der Waals surface area contributed by atoms with Crippen LogP contribution in [0.5, 0.6) is 0 Å². The van der Waals surface area contributed by atoms with Gasteiger partial charge in [0.1, 0.15) is 5.82 Å². The number of benzene rings is 1. The van der Waals surface area contributed by atoms with E-state index in [4.69, 9.17) is 0 Å². The highest BCUT2D eigenvalue weighted by Gasteiger charge is 2.23. The maximum atomic E-state index is 13.7. The van der Waals surface area contributed by atoms with E-state index in [1.807, 2.05) is 0 Å². The number of halogens is 2. The van der Waals surface area contributed by atoms with Crippen LogP contribution in [0.3, 0.4) is 0 Å². The molecule has 0 aliphatic carbocycles. The second-order valence-electron chi connectivity index (χ2n) is 3.74. The van der Waals surface area contributed by atoms with Gasteiger partial charge in [0.25, 0.3) is 5.91 Å². The van der Waals surface area contributed by atoms with Crippen molar-refractivity contribution in [1.82, 2.24) is 4.90 Å². The average Bonchev–Trinajstić information content (AvgIpc) is 2.33. The summed E-state index contributed by atoms with van der Waals surface area (Å²) in [5, 5.41) is 0. The Bertz CT molecular complexity index is 471. The van der Waals surface area contributed by atoms with Crippen molar-refractivity contribution in [3.05, 3.63) is 34.1 Å². The van der Waals surface area contributed by atoms with Gasteiger partial charge < -0.3 is 4.90 Å². The Morgan fingerprint density at radius 3 is 2.65 bits per heavy atom. The molecule has 17 heavy (non-hydrogen) atoms. The van der Waals surface area contributed by atoms with Crippen LogP contribution in [0.1, 0.15) is 10.4 Å². The van der Waals surface area contributed by atoms with Gasteiger partial charge in [0, 0.05) is 35.4 Å². The minimum atomic E-state index is -0.840. The molecule has 1 fully saturated rings. The maximum absolute atomic E-state index is 13.7. The highest BCUT2D eigenvalue weighted by Crippen LogP contribution is 2.20. The van der Waals surface area contributed by atoms with E-state index in [1.165, 1.54) is 6.07 Å². The van der Waals surface area contributed by atoms with Gasteiger partial charge in [-0.3, -0.25) is 9.00 Å². The van der Waals surface area contributed by atoms with Gasteiger partial charge in [0.15, 0.2) is 0 Å². The topological polar surface area (TPSA) is 37.4 Å². The van der Waals surface area contributed by atoms with Gasteiger partial charge >= 0.3 is 0 Å². The molecule has 0 aromatic heterocycles. The zero-order valence-electron chi connectivity index (χ0n) is 8.99. The summed E-state index contributed by atoms with van der Waals surface area (Å²) < 4.78 is 25.2. The van der Waals surface area contributed by atoms with Crippen LogP contribution in [0.15, 0.2) is 22.7 Å². The van der Waals surface area contributed by atoms with Gasteiger partial charge in [-0.15, -0.1) is 0 Å². The van der Waals surface area contributed by atoms with Crippen molar-refractivity contribution in [2.75, 3.05) is 24.6 Å². The first-order valence-electron chi connectivity index (χ1n) is 5.18. The smallest absolute Gasteiger partial charge is 0.256 e. The lowest BCUT2D eigenvalue weighted by Gasteiger charge is -2.26. The monoisotopic (exact) mass is 319 g/mol. The Morgan fingerprint density at radius 1 is 1.35 bits per heavy atom. The molecule has 1 aliphatic heterocycles. The summed E-state index contributed by atoms with van der Waals surface area (Å²) in [6.07, 6.45) is 0. The van der Waals surface area contributed by atoms with E-state index in [0.29, 0.717) is 24.6 Å². The van der Waals surface area contributed by atoms with Crippen molar-refractivity contribution in [2.45, 2.75) is 0 Å². The fraction of sp³-hybridized carbons (Fsp3) is 0.364. The number of hydrogen-bond acceptors (Lipinski definition) is 2. The largest absolute Gasteiger partial charge is 0.337 e. The molecule has 92 valence electrons. The van der Waals surface area contributed by atoms with Crippen LogP contribution in [0.2, 0.25) is 0 Å². The first-order valence-corrected chi connectivity index (χ1v) is 7.46. The number of carbonyl (C=O) groups excluding carboxylic acids is 1. The zero-order chi connectivity index (χ0) is 12.4. The van der Waals surface area contributed by atoms with Crippen LogP contribution in [0, 0.1) is 5.82 Å². The number of hydrogen-bond donors (Lipinski definition) is 0. The Labute approximate surface area is 110 Å². The zero-order valence-corrected chi connectivity index (χ0v) is 11.4. The van der Waals surface area contributed by atoms with Crippen molar-refractivity contribution in [3.63, 3.8) is 0 Å². The molecule has 0 radical (unpaired) electrons. The number of nitrogens with zero attached hydrogens (tertiary/aromatic N) is 1. The van der Waals surface area contributed by atoms with Gasteiger partial charge in [-0.2, -0.15) is 0 Å². The van der Waals surface area contributed by atoms with Gasteiger partial charge in [0.2, 0.25) is 0 Å². The lowest BCUT2D eigenvalue weighted by Crippen LogP contribution is -2.42. The quantitative estimate of drug-likeness (QED) is 0.791.